The third kappa shape index (κ3) is 3.88. The van der Waals surface area contributed by atoms with Crippen LogP contribution in [0, 0.1) is 0 Å². The highest BCUT2D eigenvalue weighted by molar-refractivity contribution is 7.92. The SMILES string of the molecule is CC[C@H](C(=O)n1cc(C(=O)OC)c2ccccc21)N(c1ccccc1)S(C)(=O)=O. The molecule has 0 aliphatic carbocycles. The Morgan fingerprint density at radius 3 is 2.28 bits per heavy atom. The number of benzene rings is 2. The van der Waals surface area contributed by atoms with Gasteiger partial charge in [0.2, 0.25) is 10.0 Å². The molecule has 0 saturated carbocycles. The average molecular weight is 414 g/mol. The third-order valence-electron chi connectivity index (χ3n) is 4.68. The molecule has 1 atom stereocenters. The number of methoxy groups -OCH3 is 1. The maximum Gasteiger partial charge on any atom is 0.340 e. The summed E-state index contributed by atoms with van der Waals surface area (Å²) in [6.07, 6.45) is 2.73. The highest BCUT2D eigenvalue weighted by atomic mass is 32.2. The van der Waals surface area contributed by atoms with Crippen LogP contribution >= 0.6 is 0 Å². The van der Waals surface area contributed by atoms with Crippen molar-refractivity contribution in [3.05, 3.63) is 66.4 Å². The lowest BCUT2D eigenvalue weighted by Crippen LogP contribution is -2.46. The van der Waals surface area contributed by atoms with Crippen molar-refractivity contribution in [3.8, 4) is 0 Å². The van der Waals surface area contributed by atoms with E-state index in [-0.39, 0.29) is 12.0 Å². The van der Waals surface area contributed by atoms with Gasteiger partial charge >= 0.3 is 5.97 Å². The molecule has 0 aliphatic heterocycles. The van der Waals surface area contributed by atoms with Gasteiger partial charge < -0.3 is 4.74 Å². The first kappa shape index (κ1) is 20.6. The molecule has 29 heavy (non-hydrogen) atoms. The zero-order valence-electron chi connectivity index (χ0n) is 16.4. The molecule has 0 N–H and O–H groups in total. The molecule has 152 valence electrons. The summed E-state index contributed by atoms with van der Waals surface area (Å²) in [5.74, 6) is -1.02. The Labute approximate surface area is 169 Å². The lowest BCUT2D eigenvalue weighted by molar-refractivity contribution is 0.0603. The van der Waals surface area contributed by atoms with Gasteiger partial charge in [-0.2, -0.15) is 0 Å². The molecule has 2 aromatic carbocycles. The van der Waals surface area contributed by atoms with Crippen molar-refractivity contribution in [1.82, 2.24) is 4.57 Å². The second-order valence-electron chi connectivity index (χ2n) is 6.58. The van der Waals surface area contributed by atoms with Crippen molar-refractivity contribution in [1.29, 1.82) is 0 Å². The summed E-state index contributed by atoms with van der Waals surface area (Å²) in [4.78, 5) is 25.6. The number of carbonyl (C=O) groups excluding carboxylic acids is 2. The van der Waals surface area contributed by atoms with Crippen LogP contribution in [0.1, 0.15) is 28.5 Å². The van der Waals surface area contributed by atoms with Crippen molar-refractivity contribution in [2.24, 2.45) is 0 Å². The third-order valence-corrected chi connectivity index (χ3v) is 5.86. The van der Waals surface area contributed by atoms with E-state index in [9.17, 15) is 18.0 Å². The molecule has 7 nitrogen and oxygen atoms in total. The lowest BCUT2D eigenvalue weighted by atomic mass is 10.1. The van der Waals surface area contributed by atoms with Crippen LogP contribution in [0.3, 0.4) is 0 Å². The van der Waals surface area contributed by atoms with Gasteiger partial charge in [0, 0.05) is 11.6 Å². The van der Waals surface area contributed by atoms with Crippen LogP contribution < -0.4 is 4.31 Å². The van der Waals surface area contributed by atoms with Crippen molar-refractivity contribution in [3.63, 3.8) is 0 Å². The minimum atomic E-state index is -3.74. The molecule has 8 heteroatoms. The highest BCUT2D eigenvalue weighted by Gasteiger charge is 2.33. The van der Waals surface area contributed by atoms with Gasteiger partial charge in [0.05, 0.1) is 30.1 Å². The van der Waals surface area contributed by atoms with E-state index in [4.69, 9.17) is 4.74 Å². The van der Waals surface area contributed by atoms with Gasteiger partial charge in [-0.05, 0) is 24.6 Å². The Morgan fingerprint density at radius 1 is 1.07 bits per heavy atom. The number of esters is 1. The van der Waals surface area contributed by atoms with Crippen LogP contribution in [0.5, 0.6) is 0 Å². The zero-order chi connectivity index (χ0) is 21.2. The van der Waals surface area contributed by atoms with Gasteiger partial charge in [0.1, 0.15) is 6.04 Å². The number of carbonyl (C=O) groups is 2. The first-order valence-electron chi connectivity index (χ1n) is 9.06. The molecule has 0 saturated heterocycles. The first-order valence-corrected chi connectivity index (χ1v) is 10.9. The van der Waals surface area contributed by atoms with E-state index < -0.39 is 27.9 Å². The van der Waals surface area contributed by atoms with Crippen LogP contribution in [0.4, 0.5) is 5.69 Å². The quantitative estimate of drug-likeness (QED) is 0.578. The molecule has 0 aliphatic rings. The van der Waals surface area contributed by atoms with E-state index >= 15 is 0 Å². The summed E-state index contributed by atoms with van der Waals surface area (Å²) in [5.41, 5.74) is 1.16. The van der Waals surface area contributed by atoms with Crippen molar-refractivity contribution in [2.45, 2.75) is 19.4 Å². The number of rotatable bonds is 6. The number of sulfonamides is 1. The number of aromatic nitrogens is 1. The smallest absolute Gasteiger partial charge is 0.340 e. The Balaban J connectivity index is 2.16. The molecule has 3 aromatic rings. The van der Waals surface area contributed by atoms with Crippen molar-refractivity contribution >= 4 is 38.5 Å². The molecule has 1 aromatic heterocycles. The van der Waals surface area contributed by atoms with Crippen molar-refractivity contribution in [2.75, 3.05) is 17.7 Å². The Morgan fingerprint density at radius 2 is 1.69 bits per heavy atom. The van der Waals surface area contributed by atoms with Gasteiger partial charge in [0.15, 0.2) is 0 Å². The minimum Gasteiger partial charge on any atom is -0.465 e. The molecular weight excluding hydrogens is 392 g/mol. The minimum absolute atomic E-state index is 0.247. The lowest BCUT2D eigenvalue weighted by Gasteiger charge is -2.30. The van der Waals surface area contributed by atoms with Gasteiger partial charge in [-0.3, -0.25) is 13.7 Å². The largest absolute Gasteiger partial charge is 0.465 e. The fraction of sp³-hybridized carbons (Fsp3) is 0.238. The number of anilines is 1. The van der Waals surface area contributed by atoms with Gasteiger partial charge in [-0.15, -0.1) is 0 Å². The number of nitrogens with zero attached hydrogens (tertiary/aromatic N) is 2. The van der Waals surface area contributed by atoms with E-state index in [1.165, 1.54) is 17.9 Å². The predicted molar refractivity (Wildman–Crippen MR) is 112 cm³/mol. The molecule has 0 bridgehead atoms. The van der Waals surface area contributed by atoms with E-state index in [1.807, 2.05) is 0 Å². The van der Waals surface area contributed by atoms with Crippen molar-refractivity contribution < 1.29 is 22.7 Å². The normalized spacial score (nSPS) is 12.5. The monoisotopic (exact) mass is 414 g/mol. The van der Waals surface area contributed by atoms with Crippen LogP contribution in [-0.4, -0.2) is 44.3 Å². The van der Waals surface area contributed by atoms with E-state index in [2.05, 4.69) is 0 Å². The van der Waals surface area contributed by atoms with E-state index in [0.717, 1.165) is 10.6 Å². The summed E-state index contributed by atoms with van der Waals surface area (Å²) in [7, 11) is -2.47. The Hall–Kier alpha value is -3.13. The fourth-order valence-electron chi connectivity index (χ4n) is 3.41. The maximum absolute atomic E-state index is 13.5. The highest BCUT2D eigenvalue weighted by Crippen LogP contribution is 2.27. The summed E-state index contributed by atoms with van der Waals surface area (Å²) >= 11 is 0. The molecule has 3 rings (SSSR count). The number of hydrogen-bond acceptors (Lipinski definition) is 5. The van der Waals surface area contributed by atoms with Crippen LogP contribution in [0.15, 0.2) is 60.8 Å². The number of para-hydroxylation sites is 2. The predicted octanol–water partition coefficient (Wildman–Crippen LogP) is 3.31. The second kappa shape index (κ2) is 8.08. The first-order chi connectivity index (χ1) is 13.8. The molecular formula is C21H22N2O5S. The summed E-state index contributed by atoms with van der Waals surface area (Å²) in [6, 6.07) is 14.4. The van der Waals surface area contributed by atoms with Crippen LogP contribution in [0.2, 0.25) is 0 Å². The summed E-state index contributed by atoms with van der Waals surface area (Å²) in [6.45, 7) is 1.75. The number of ether oxygens (including phenoxy) is 1. The Bertz CT molecular complexity index is 1150. The van der Waals surface area contributed by atoms with Gasteiger partial charge in [0.25, 0.3) is 5.91 Å². The molecule has 1 heterocycles. The average Bonchev–Trinajstić information content (AvgIpc) is 3.10. The Kier molecular flexibility index (Phi) is 5.74. The number of hydrogen-bond donors (Lipinski definition) is 0. The fourth-order valence-corrected chi connectivity index (χ4v) is 4.62. The van der Waals surface area contributed by atoms with Gasteiger partial charge in [-0.1, -0.05) is 43.3 Å². The zero-order valence-corrected chi connectivity index (χ0v) is 17.2. The molecule has 0 amide bonds. The standard InChI is InChI=1S/C21H22N2O5S/c1-4-18(23(29(3,26)27)15-10-6-5-7-11-15)20(24)22-14-17(21(25)28-2)16-12-8-9-13-19(16)22/h5-14,18H,4H2,1-3H3/t18-/m1/s1. The van der Waals surface area contributed by atoms with Crippen LogP contribution in [0.25, 0.3) is 10.9 Å². The summed E-state index contributed by atoms with van der Waals surface area (Å²) in [5, 5.41) is 0.563. The molecule has 0 radical (unpaired) electrons. The van der Waals surface area contributed by atoms with E-state index in [1.54, 1.807) is 61.5 Å². The maximum atomic E-state index is 13.5. The molecule has 0 unspecified atom stereocenters. The van der Waals surface area contributed by atoms with Crippen LogP contribution in [-0.2, 0) is 14.8 Å². The topological polar surface area (TPSA) is 85.7 Å². The second-order valence-corrected chi connectivity index (χ2v) is 8.44. The van der Waals surface area contributed by atoms with Gasteiger partial charge in [-0.25, -0.2) is 13.2 Å². The summed E-state index contributed by atoms with van der Waals surface area (Å²) < 4.78 is 32.4. The molecule has 0 spiro atoms. The van der Waals surface area contributed by atoms with E-state index in [0.29, 0.717) is 16.6 Å². The number of fused-ring (bicyclic) bond motifs is 1. The molecule has 0 fully saturated rings.